The van der Waals surface area contributed by atoms with Crippen molar-refractivity contribution < 1.29 is 29.0 Å². The first-order valence-corrected chi connectivity index (χ1v) is 14.1. The van der Waals surface area contributed by atoms with Gasteiger partial charge in [0.05, 0.1) is 18.7 Å². The lowest BCUT2D eigenvalue weighted by Gasteiger charge is -2.35. The predicted molar refractivity (Wildman–Crippen MR) is 163 cm³/mol. The van der Waals surface area contributed by atoms with Gasteiger partial charge in [-0.25, -0.2) is 9.59 Å². The smallest absolute Gasteiger partial charge is 0.335 e. The first-order valence-electron chi connectivity index (χ1n) is 14.1. The van der Waals surface area contributed by atoms with Gasteiger partial charge >= 0.3 is 12.0 Å². The number of nitrogens with one attached hydrogen (secondary N) is 1. The number of hydrogen-bond acceptors (Lipinski definition) is 5. The third-order valence-electron chi connectivity index (χ3n) is 7.47. The first kappa shape index (κ1) is 31.1. The highest BCUT2D eigenvalue weighted by Crippen LogP contribution is 2.43. The number of para-hydroxylation sites is 1. The molecule has 4 N–H and O–H groups in total. The number of methoxy groups -OCH3 is 1. The molecule has 3 aromatic rings. The Hall–Kier alpha value is -4.86. The fourth-order valence-corrected chi connectivity index (χ4v) is 5.72. The molecule has 0 saturated carbocycles. The molecule has 226 valence electrons. The molecule has 0 aromatic heterocycles. The first-order chi connectivity index (χ1) is 20.4. The average Bonchev–Trinajstić information content (AvgIpc) is 3.09. The van der Waals surface area contributed by atoms with E-state index in [1.165, 1.54) is 23.1 Å². The molecule has 1 heterocycles. The van der Waals surface area contributed by atoms with Crippen molar-refractivity contribution in [2.24, 2.45) is 5.73 Å². The monoisotopic (exact) mass is 586 g/mol. The molecule has 3 atom stereocenters. The van der Waals surface area contributed by atoms with Crippen LogP contribution in [0, 0.1) is 0 Å². The van der Waals surface area contributed by atoms with Gasteiger partial charge in [-0.15, -0.1) is 0 Å². The van der Waals surface area contributed by atoms with Gasteiger partial charge in [-0.3, -0.25) is 14.5 Å². The second kappa shape index (κ2) is 13.0. The van der Waals surface area contributed by atoms with Crippen LogP contribution in [0.3, 0.4) is 0 Å². The second-order valence-corrected chi connectivity index (χ2v) is 11.7. The average molecular weight is 587 g/mol. The number of nitrogens with zero attached hydrogens (tertiary/aromatic N) is 2. The summed E-state index contributed by atoms with van der Waals surface area (Å²) >= 11 is 0. The predicted octanol–water partition coefficient (Wildman–Crippen LogP) is 4.71. The van der Waals surface area contributed by atoms with E-state index in [9.17, 15) is 24.3 Å². The maximum absolute atomic E-state index is 14.6. The summed E-state index contributed by atoms with van der Waals surface area (Å²) in [5, 5.41) is 12.5. The number of urea groups is 1. The van der Waals surface area contributed by atoms with Gasteiger partial charge in [0.25, 0.3) is 0 Å². The molecule has 1 saturated heterocycles. The van der Waals surface area contributed by atoms with E-state index in [2.05, 4.69) is 5.32 Å². The maximum Gasteiger partial charge on any atom is 0.335 e. The Morgan fingerprint density at radius 2 is 1.67 bits per heavy atom. The maximum atomic E-state index is 14.6. The van der Waals surface area contributed by atoms with E-state index in [0.29, 0.717) is 12.2 Å². The van der Waals surface area contributed by atoms with Crippen molar-refractivity contribution in [3.8, 4) is 5.75 Å². The molecular weight excluding hydrogens is 548 g/mol. The van der Waals surface area contributed by atoms with Crippen molar-refractivity contribution in [3.05, 3.63) is 95.6 Å². The summed E-state index contributed by atoms with van der Waals surface area (Å²) in [5.74, 6) is -1.70. The molecular formula is C33H38N4O6. The third-order valence-corrected chi connectivity index (χ3v) is 7.47. The highest BCUT2D eigenvalue weighted by atomic mass is 16.5. The summed E-state index contributed by atoms with van der Waals surface area (Å²) in [6.07, 6.45) is 0.581. The highest BCUT2D eigenvalue weighted by molar-refractivity contribution is 6.01. The summed E-state index contributed by atoms with van der Waals surface area (Å²) in [6, 6.07) is 20.1. The number of hydrogen-bond donors (Lipinski definition) is 3. The lowest BCUT2D eigenvalue weighted by atomic mass is 9.85. The SMILES string of the molecule is COc1ccccc1[C@@H]1C[C@H](c2ccccc2)N(CC(=O)NC(C)(C)C)C(=O)[C@H](N(C(N)=O)c2cccc(C(=O)O)c2)C1. The Labute approximate surface area is 251 Å². The van der Waals surface area contributed by atoms with Crippen LogP contribution in [-0.4, -0.2) is 59.1 Å². The summed E-state index contributed by atoms with van der Waals surface area (Å²) in [6.45, 7) is 5.31. The summed E-state index contributed by atoms with van der Waals surface area (Å²) < 4.78 is 5.69. The third kappa shape index (κ3) is 7.32. The fraction of sp³-hybridized carbons (Fsp3) is 0.333. The zero-order chi connectivity index (χ0) is 31.3. The number of carbonyl (C=O) groups is 4. The molecule has 0 aliphatic carbocycles. The van der Waals surface area contributed by atoms with E-state index in [1.807, 2.05) is 75.4 Å². The largest absolute Gasteiger partial charge is 0.496 e. The van der Waals surface area contributed by atoms with Crippen LogP contribution >= 0.6 is 0 Å². The number of aromatic carboxylic acids is 1. The Morgan fingerprint density at radius 1 is 1.00 bits per heavy atom. The Balaban J connectivity index is 1.91. The molecule has 4 rings (SSSR count). The van der Waals surface area contributed by atoms with Crippen LogP contribution in [-0.2, 0) is 9.59 Å². The minimum atomic E-state index is -1.19. The van der Waals surface area contributed by atoms with Crippen molar-refractivity contribution in [3.63, 3.8) is 0 Å². The van der Waals surface area contributed by atoms with Gasteiger partial charge in [0.15, 0.2) is 0 Å². The summed E-state index contributed by atoms with van der Waals surface area (Å²) in [4.78, 5) is 55.5. The summed E-state index contributed by atoms with van der Waals surface area (Å²) in [7, 11) is 1.57. The number of rotatable bonds is 8. The molecule has 0 spiro atoms. The van der Waals surface area contributed by atoms with Crippen LogP contribution in [0.25, 0.3) is 0 Å². The Bertz CT molecular complexity index is 1490. The number of nitrogens with two attached hydrogens (primary N) is 1. The van der Waals surface area contributed by atoms with E-state index in [0.717, 1.165) is 16.0 Å². The molecule has 3 aromatic carbocycles. The number of ether oxygens (including phenoxy) is 1. The Kier molecular flexibility index (Phi) is 9.38. The normalized spacial score (nSPS) is 18.8. The lowest BCUT2D eigenvalue weighted by molar-refractivity contribution is -0.139. The van der Waals surface area contributed by atoms with Gasteiger partial charge < -0.3 is 25.8 Å². The van der Waals surface area contributed by atoms with Crippen LogP contribution in [0.15, 0.2) is 78.9 Å². The number of primary amides is 1. The van der Waals surface area contributed by atoms with E-state index in [4.69, 9.17) is 10.5 Å². The number of carbonyl (C=O) groups excluding carboxylic acids is 3. The van der Waals surface area contributed by atoms with Crippen LogP contribution in [0.2, 0.25) is 0 Å². The number of amides is 4. The van der Waals surface area contributed by atoms with Gasteiger partial charge in [0, 0.05) is 11.2 Å². The zero-order valence-electron chi connectivity index (χ0n) is 24.8. The van der Waals surface area contributed by atoms with Crippen molar-refractivity contribution in [2.75, 3.05) is 18.6 Å². The van der Waals surface area contributed by atoms with Crippen molar-refractivity contribution in [1.82, 2.24) is 10.2 Å². The van der Waals surface area contributed by atoms with Crippen LogP contribution in [0.4, 0.5) is 10.5 Å². The van der Waals surface area contributed by atoms with Gasteiger partial charge in [0.1, 0.15) is 18.3 Å². The van der Waals surface area contributed by atoms with E-state index in [1.54, 1.807) is 13.2 Å². The quantitative estimate of drug-likeness (QED) is 0.349. The lowest BCUT2D eigenvalue weighted by Crippen LogP contribution is -2.55. The number of carboxylic acids is 1. The minimum absolute atomic E-state index is 0.0605. The highest BCUT2D eigenvalue weighted by Gasteiger charge is 2.43. The minimum Gasteiger partial charge on any atom is -0.496 e. The van der Waals surface area contributed by atoms with Gasteiger partial charge in [-0.1, -0.05) is 54.6 Å². The van der Waals surface area contributed by atoms with Gasteiger partial charge in [-0.2, -0.15) is 0 Å². The van der Waals surface area contributed by atoms with Crippen LogP contribution in [0.1, 0.15) is 67.1 Å². The summed E-state index contributed by atoms with van der Waals surface area (Å²) in [5.41, 5.74) is 7.16. The molecule has 1 aliphatic rings. The van der Waals surface area contributed by atoms with Crippen molar-refractivity contribution in [2.45, 2.75) is 57.2 Å². The zero-order valence-corrected chi connectivity index (χ0v) is 24.8. The molecule has 0 unspecified atom stereocenters. The molecule has 10 heteroatoms. The topological polar surface area (TPSA) is 142 Å². The van der Waals surface area contributed by atoms with Gasteiger partial charge in [-0.05, 0) is 74.9 Å². The number of likely N-dealkylation sites (tertiary alicyclic amines) is 1. The van der Waals surface area contributed by atoms with Crippen LogP contribution in [0.5, 0.6) is 5.75 Å². The molecule has 43 heavy (non-hydrogen) atoms. The van der Waals surface area contributed by atoms with E-state index >= 15 is 0 Å². The molecule has 1 fully saturated rings. The fourth-order valence-electron chi connectivity index (χ4n) is 5.72. The van der Waals surface area contributed by atoms with Gasteiger partial charge in [0.2, 0.25) is 11.8 Å². The standard InChI is InChI=1S/C33H38N4O6/c1-33(2,3)35-29(38)20-36-26(21-11-6-5-7-12-21)18-23(25-15-8-9-16-28(25)43-4)19-27(30(36)39)37(32(34)42)24-14-10-13-22(17-24)31(40)41/h5-17,23,26-27H,18-20H2,1-4H3,(H2,34,42)(H,35,38)(H,40,41)/t23-,26-,27-/m1/s1. The molecule has 0 bridgehead atoms. The number of carboxylic acid groups (broad SMARTS) is 1. The van der Waals surface area contributed by atoms with E-state index < -0.39 is 35.5 Å². The van der Waals surface area contributed by atoms with E-state index in [-0.39, 0.29) is 36.0 Å². The van der Waals surface area contributed by atoms with Crippen LogP contribution < -0.4 is 20.7 Å². The number of anilines is 1. The van der Waals surface area contributed by atoms with Crippen molar-refractivity contribution >= 4 is 29.5 Å². The molecule has 4 amide bonds. The second-order valence-electron chi connectivity index (χ2n) is 11.7. The Morgan fingerprint density at radius 3 is 2.30 bits per heavy atom. The molecule has 1 aliphatic heterocycles. The number of benzene rings is 3. The molecule has 0 radical (unpaired) electrons. The molecule has 10 nitrogen and oxygen atoms in total. The van der Waals surface area contributed by atoms with Crippen molar-refractivity contribution in [1.29, 1.82) is 0 Å².